The van der Waals surface area contributed by atoms with Crippen molar-refractivity contribution in [3.63, 3.8) is 0 Å². The highest BCUT2D eigenvalue weighted by Gasteiger charge is 2.22. The number of hydrogen-bond acceptors (Lipinski definition) is 3. The Morgan fingerprint density at radius 2 is 2.22 bits per heavy atom. The Hall–Kier alpha value is -1.06. The highest BCUT2D eigenvalue weighted by Crippen LogP contribution is 2.19. The smallest absolute Gasteiger partial charge is 0.121 e. The van der Waals surface area contributed by atoms with Crippen molar-refractivity contribution in [2.24, 2.45) is 5.73 Å². The Labute approximate surface area is 110 Å². The molecule has 1 aromatic carbocycles. The van der Waals surface area contributed by atoms with Gasteiger partial charge in [0.05, 0.1) is 7.11 Å². The first-order chi connectivity index (χ1) is 8.70. The molecule has 3 N–H and O–H groups in total. The number of nitrogens with two attached hydrogens (primary N) is 1. The van der Waals surface area contributed by atoms with Crippen molar-refractivity contribution in [2.45, 2.75) is 44.7 Å². The van der Waals surface area contributed by atoms with Gasteiger partial charge in [-0.25, -0.2) is 0 Å². The molecule has 1 fully saturated rings. The molecule has 0 aliphatic heterocycles. The maximum atomic E-state index is 6.04. The predicted octanol–water partition coefficient (Wildman–Crippen LogP) is 2.02. The van der Waals surface area contributed by atoms with E-state index in [0.717, 1.165) is 18.7 Å². The van der Waals surface area contributed by atoms with Crippen LogP contribution in [0.15, 0.2) is 18.2 Å². The number of ether oxygens (including phenoxy) is 1. The van der Waals surface area contributed by atoms with Crippen LogP contribution in [0.3, 0.4) is 0 Å². The van der Waals surface area contributed by atoms with Gasteiger partial charge in [-0.05, 0) is 49.9 Å². The fourth-order valence-corrected chi connectivity index (χ4v) is 2.74. The second-order valence-corrected chi connectivity index (χ2v) is 5.21. The van der Waals surface area contributed by atoms with E-state index < -0.39 is 0 Å². The highest BCUT2D eigenvalue weighted by molar-refractivity contribution is 5.36. The van der Waals surface area contributed by atoms with Crippen molar-refractivity contribution in [3.8, 4) is 5.75 Å². The Morgan fingerprint density at radius 3 is 2.83 bits per heavy atom. The van der Waals surface area contributed by atoms with Crippen LogP contribution in [0, 0.1) is 6.92 Å². The Morgan fingerprint density at radius 1 is 1.39 bits per heavy atom. The van der Waals surface area contributed by atoms with Gasteiger partial charge in [0, 0.05) is 12.1 Å². The molecular formula is C15H24N2O. The second kappa shape index (κ2) is 6.21. The van der Waals surface area contributed by atoms with E-state index in [2.05, 4.69) is 24.4 Å². The third-order valence-corrected chi connectivity index (χ3v) is 3.85. The molecule has 0 radical (unpaired) electrons. The summed E-state index contributed by atoms with van der Waals surface area (Å²) in [5.41, 5.74) is 8.60. The van der Waals surface area contributed by atoms with Crippen molar-refractivity contribution in [2.75, 3.05) is 13.7 Å². The van der Waals surface area contributed by atoms with Crippen molar-refractivity contribution < 1.29 is 4.74 Å². The summed E-state index contributed by atoms with van der Waals surface area (Å²) in [7, 11) is 1.71. The minimum absolute atomic E-state index is 0.350. The normalized spacial score (nSPS) is 23.3. The van der Waals surface area contributed by atoms with Crippen molar-refractivity contribution >= 4 is 0 Å². The monoisotopic (exact) mass is 248 g/mol. The molecule has 3 nitrogen and oxygen atoms in total. The van der Waals surface area contributed by atoms with Gasteiger partial charge in [0.1, 0.15) is 5.75 Å². The van der Waals surface area contributed by atoms with Gasteiger partial charge in [-0.3, -0.25) is 0 Å². The molecule has 0 aromatic heterocycles. The van der Waals surface area contributed by atoms with Crippen LogP contribution in [0.5, 0.6) is 5.75 Å². The van der Waals surface area contributed by atoms with E-state index >= 15 is 0 Å². The maximum Gasteiger partial charge on any atom is 0.121 e. The number of methoxy groups -OCH3 is 1. The lowest BCUT2D eigenvalue weighted by atomic mass is 10.1. The largest absolute Gasteiger partial charge is 0.496 e. The summed E-state index contributed by atoms with van der Waals surface area (Å²) in [6, 6.07) is 7.26. The maximum absolute atomic E-state index is 6.04. The number of benzene rings is 1. The second-order valence-electron chi connectivity index (χ2n) is 5.21. The molecule has 2 unspecified atom stereocenters. The summed E-state index contributed by atoms with van der Waals surface area (Å²) in [5, 5.41) is 3.57. The van der Waals surface area contributed by atoms with Gasteiger partial charge in [0.25, 0.3) is 0 Å². The third-order valence-electron chi connectivity index (χ3n) is 3.85. The number of aryl methyl sites for hydroxylation is 1. The van der Waals surface area contributed by atoms with Gasteiger partial charge in [-0.2, -0.15) is 0 Å². The minimum atomic E-state index is 0.350. The topological polar surface area (TPSA) is 47.3 Å². The van der Waals surface area contributed by atoms with Crippen LogP contribution in [0.25, 0.3) is 0 Å². The lowest BCUT2D eigenvalue weighted by Gasteiger charge is -2.17. The van der Waals surface area contributed by atoms with Crippen LogP contribution in [0.1, 0.15) is 30.4 Å². The van der Waals surface area contributed by atoms with Crippen molar-refractivity contribution in [3.05, 3.63) is 29.3 Å². The quantitative estimate of drug-likeness (QED) is 0.838. The molecule has 1 aromatic rings. The minimum Gasteiger partial charge on any atom is -0.496 e. The summed E-state index contributed by atoms with van der Waals surface area (Å²) in [6.07, 6.45) is 4.71. The summed E-state index contributed by atoms with van der Waals surface area (Å²) in [6.45, 7) is 3.09. The molecular weight excluding hydrogens is 224 g/mol. The molecule has 1 aliphatic rings. The zero-order valence-corrected chi connectivity index (χ0v) is 11.4. The fraction of sp³-hybridized carbons (Fsp3) is 0.600. The zero-order valence-electron chi connectivity index (χ0n) is 11.4. The molecule has 0 bridgehead atoms. The SMILES string of the molecule is COc1ccc(CCNC2CCCC2N)cc1C. The van der Waals surface area contributed by atoms with Crippen LogP contribution < -0.4 is 15.8 Å². The predicted molar refractivity (Wildman–Crippen MR) is 75.1 cm³/mol. The van der Waals surface area contributed by atoms with Gasteiger partial charge in [-0.15, -0.1) is 0 Å². The molecule has 0 amide bonds. The molecule has 100 valence electrons. The summed E-state index contributed by atoms with van der Waals surface area (Å²) < 4.78 is 5.27. The summed E-state index contributed by atoms with van der Waals surface area (Å²) in [5.74, 6) is 0.963. The van der Waals surface area contributed by atoms with Gasteiger partial charge < -0.3 is 15.8 Å². The van der Waals surface area contributed by atoms with E-state index in [1.807, 2.05) is 6.07 Å². The highest BCUT2D eigenvalue weighted by atomic mass is 16.5. The van der Waals surface area contributed by atoms with Gasteiger partial charge in [0.15, 0.2) is 0 Å². The van der Waals surface area contributed by atoms with Crippen LogP contribution in [0.2, 0.25) is 0 Å². The molecule has 0 saturated heterocycles. The fourth-order valence-electron chi connectivity index (χ4n) is 2.74. The van der Waals surface area contributed by atoms with E-state index in [4.69, 9.17) is 10.5 Å². The van der Waals surface area contributed by atoms with Crippen molar-refractivity contribution in [1.29, 1.82) is 0 Å². The Bertz CT molecular complexity index is 392. The van der Waals surface area contributed by atoms with Crippen molar-refractivity contribution in [1.82, 2.24) is 5.32 Å². The zero-order chi connectivity index (χ0) is 13.0. The lowest BCUT2D eigenvalue weighted by Crippen LogP contribution is -2.41. The molecule has 2 atom stereocenters. The van der Waals surface area contributed by atoms with E-state index in [9.17, 15) is 0 Å². The van der Waals surface area contributed by atoms with E-state index in [1.54, 1.807) is 7.11 Å². The average molecular weight is 248 g/mol. The summed E-state index contributed by atoms with van der Waals surface area (Å²) >= 11 is 0. The first kappa shape index (κ1) is 13.4. The van der Waals surface area contributed by atoms with E-state index in [1.165, 1.54) is 30.4 Å². The molecule has 0 spiro atoms. The number of hydrogen-bond donors (Lipinski definition) is 2. The molecule has 1 aliphatic carbocycles. The van der Waals surface area contributed by atoms with Crippen LogP contribution >= 0.6 is 0 Å². The Balaban J connectivity index is 1.81. The third kappa shape index (κ3) is 3.24. The summed E-state index contributed by atoms with van der Waals surface area (Å²) in [4.78, 5) is 0. The van der Waals surface area contributed by atoms with Gasteiger partial charge in [-0.1, -0.05) is 18.6 Å². The number of rotatable bonds is 5. The molecule has 1 saturated carbocycles. The van der Waals surface area contributed by atoms with Gasteiger partial charge in [0.2, 0.25) is 0 Å². The first-order valence-corrected chi connectivity index (χ1v) is 6.83. The lowest BCUT2D eigenvalue weighted by molar-refractivity contribution is 0.411. The standard InChI is InChI=1S/C15H24N2O/c1-11-10-12(6-7-15(11)18-2)8-9-17-14-5-3-4-13(14)16/h6-7,10,13-14,17H,3-5,8-9,16H2,1-2H3. The Kier molecular flexibility index (Phi) is 4.61. The molecule has 0 heterocycles. The van der Waals surface area contributed by atoms with E-state index in [-0.39, 0.29) is 0 Å². The van der Waals surface area contributed by atoms with Crippen LogP contribution in [-0.2, 0) is 6.42 Å². The number of nitrogens with one attached hydrogen (secondary N) is 1. The van der Waals surface area contributed by atoms with Gasteiger partial charge >= 0.3 is 0 Å². The van der Waals surface area contributed by atoms with Crippen LogP contribution in [-0.4, -0.2) is 25.7 Å². The van der Waals surface area contributed by atoms with Crippen LogP contribution in [0.4, 0.5) is 0 Å². The molecule has 3 heteroatoms. The molecule has 18 heavy (non-hydrogen) atoms. The average Bonchev–Trinajstić information content (AvgIpc) is 2.75. The molecule has 2 rings (SSSR count). The van der Waals surface area contributed by atoms with E-state index in [0.29, 0.717) is 12.1 Å². The first-order valence-electron chi connectivity index (χ1n) is 6.83.